The summed E-state index contributed by atoms with van der Waals surface area (Å²) in [4.78, 5) is 0. The van der Waals surface area contributed by atoms with E-state index < -0.39 is 0 Å². The lowest BCUT2D eigenvalue weighted by Crippen LogP contribution is -2.21. The van der Waals surface area contributed by atoms with Gasteiger partial charge in [0, 0.05) is 19.6 Å². The highest BCUT2D eigenvalue weighted by molar-refractivity contribution is 5.27. The molecule has 1 saturated carbocycles. The van der Waals surface area contributed by atoms with Crippen molar-refractivity contribution in [3.63, 3.8) is 0 Å². The second kappa shape index (κ2) is 12.5. The van der Waals surface area contributed by atoms with Crippen LogP contribution in [-0.2, 0) is 11.2 Å². The zero-order chi connectivity index (χ0) is 19.5. The highest BCUT2D eigenvalue weighted by Crippen LogP contribution is 2.38. The molecule has 1 aromatic carbocycles. The number of methoxy groups -OCH3 is 1. The van der Waals surface area contributed by atoms with Crippen molar-refractivity contribution in [1.82, 2.24) is 0 Å². The fourth-order valence-corrected chi connectivity index (χ4v) is 4.57. The fourth-order valence-electron chi connectivity index (χ4n) is 4.57. The average Bonchev–Trinajstić information content (AvgIpc) is 2.69. The Bertz CT molecular complexity index is 523. The lowest BCUT2D eigenvalue weighted by atomic mass is 9.75. The Labute approximate surface area is 165 Å². The number of aliphatic hydroxyl groups is 1. The van der Waals surface area contributed by atoms with Crippen molar-refractivity contribution in [2.24, 2.45) is 11.8 Å². The first-order valence-electron chi connectivity index (χ1n) is 11.1. The number of hydrogen-bond acceptors (Lipinski definition) is 2. The third-order valence-electron chi connectivity index (χ3n) is 6.27. The summed E-state index contributed by atoms with van der Waals surface area (Å²) in [6.45, 7) is 3.07. The maximum absolute atomic E-state index is 14.5. The first-order valence-corrected chi connectivity index (χ1v) is 11.1. The van der Waals surface area contributed by atoms with Gasteiger partial charge in [0.05, 0.1) is 6.61 Å². The van der Waals surface area contributed by atoms with Crippen molar-refractivity contribution in [2.45, 2.75) is 83.5 Å². The van der Waals surface area contributed by atoms with Gasteiger partial charge in [-0.05, 0) is 74.0 Å². The summed E-state index contributed by atoms with van der Waals surface area (Å²) in [5, 5.41) is 9.46. The first-order chi connectivity index (χ1) is 13.2. The molecule has 1 aromatic rings. The van der Waals surface area contributed by atoms with Crippen molar-refractivity contribution in [3.05, 3.63) is 35.1 Å². The van der Waals surface area contributed by atoms with Crippen LogP contribution in [0.15, 0.2) is 18.2 Å². The van der Waals surface area contributed by atoms with Crippen LogP contribution in [0.1, 0.15) is 88.2 Å². The molecule has 2 rings (SSSR count). The standard InChI is InChI=1S/C24H39FO2/c1-3-4-5-6-7-8-22-13-14-23(16-24(22)25)21-11-9-19(10-12-21)15-20(17-26)18-27-2/h13-14,16,19-21,26H,3-12,15,17-18H2,1-2H3. The molecular weight excluding hydrogens is 339 g/mol. The van der Waals surface area contributed by atoms with E-state index in [2.05, 4.69) is 13.0 Å². The molecular formula is C24H39FO2. The Kier molecular flexibility index (Phi) is 10.4. The van der Waals surface area contributed by atoms with Gasteiger partial charge in [0.25, 0.3) is 0 Å². The van der Waals surface area contributed by atoms with Crippen LogP contribution in [0.5, 0.6) is 0 Å². The van der Waals surface area contributed by atoms with Gasteiger partial charge in [-0.15, -0.1) is 0 Å². The van der Waals surface area contributed by atoms with Gasteiger partial charge in [-0.1, -0.05) is 44.7 Å². The summed E-state index contributed by atoms with van der Waals surface area (Å²) in [5.74, 6) is 1.40. The van der Waals surface area contributed by atoms with Crippen LogP contribution in [0.2, 0.25) is 0 Å². The number of aryl methyl sites for hydroxylation is 1. The topological polar surface area (TPSA) is 29.5 Å². The van der Waals surface area contributed by atoms with Gasteiger partial charge in [-0.2, -0.15) is 0 Å². The molecule has 2 nitrogen and oxygen atoms in total. The Hall–Kier alpha value is -0.930. The van der Waals surface area contributed by atoms with E-state index in [1.54, 1.807) is 13.2 Å². The monoisotopic (exact) mass is 378 g/mol. The van der Waals surface area contributed by atoms with Gasteiger partial charge in [0.2, 0.25) is 0 Å². The molecule has 0 aromatic heterocycles. The number of benzene rings is 1. The van der Waals surface area contributed by atoms with Crippen LogP contribution in [0.3, 0.4) is 0 Å². The summed E-state index contributed by atoms with van der Waals surface area (Å²) in [6, 6.07) is 5.99. The largest absolute Gasteiger partial charge is 0.396 e. The first kappa shape index (κ1) is 22.4. The summed E-state index contributed by atoms with van der Waals surface area (Å²) >= 11 is 0. The third-order valence-corrected chi connectivity index (χ3v) is 6.27. The van der Waals surface area contributed by atoms with Gasteiger partial charge in [0.15, 0.2) is 0 Å². The molecule has 0 aliphatic heterocycles. The molecule has 1 unspecified atom stereocenters. The van der Waals surface area contributed by atoms with Crippen LogP contribution < -0.4 is 0 Å². The Morgan fingerprint density at radius 2 is 1.85 bits per heavy atom. The quantitative estimate of drug-likeness (QED) is 0.435. The van der Waals surface area contributed by atoms with Crippen LogP contribution in [-0.4, -0.2) is 25.4 Å². The Morgan fingerprint density at radius 3 is 2.48 bits per heavy atom. The van der Waals surface area contributed by atoms with Crippen molar-refractivity contribution in [2.75, 3.05) is 20.3 Å². The molecule has 0 radical (unpaired) electrons. The normalized spacial score (nSPS) is 21.3. The Balaban J connectivity index is 1.79. The molecule has 1 aliphatic rings. The van der Waals surface area contributed by atoms with E-state index in [4.69, 9.17) is 4.74 Å². The number of ether oxygens (including phenoxy) is 1. The lowest BCUT2D eigenvalue weighted by Gasteiger charge is -2.30. The van der Waals surface area contributed by atoms with Crippen molar-refractivity contribution >= 4 is 0 Å². The number of hydrogen-bond donors (Lipinski definition) is 1. The van der Waals surface area contributed by atoms with Crippen LogP contribution in [0, 0.1) is 17.7 Å². The molecule has 1 fully saturated rings. The summed E-state index contributed by atoms with van der Waals surface area (Å²) in [6.07, 6.45) is 12.6. The van der Waals surface area contributed by atoms with E-state index in [0.29, 0.717) is 18.4 Å². The summed E-state index contributed by atoms with van der Waals surface area (Å²) < 4.78 is 19.7. The Morgan fingerprint density at radius 1 is 1.11 bits per heavy atom. The van der Waals surface area contributed by atoms with Gasteiger partial charge >= 0.3 is 0 Å². The van der Waals surface area contributed by atoms with E-state index in [1.165, 1.54) is 44.1 Å². The van der Waals surface area contributed by atoms with E-state index >= 15 is 0 Å². The number of halogens is 1. The average molecular weight is 379 g/mol. The van der Waals surface area contributed by atoms with Gasteiger partial charge in [0.1, 0.15) is 5.82 Å². The highest BCUT2D eigenvalue weighted by Gasteiger charge is 2.25. The lowest BCUT2D eigenvalue weighted by molar-refractivity contribution is 0.0888. The molecule has 1 aliphatic carbocycles. The van der Waals surface area contributed by atoms with E-state index in [1.807, 2.05) is 6.07 Å². The molecule has 1 N–H and O–H groups in total. The molecule has 154 valence electrons. The maximum Gasteiger partial charge on any atom is 0.126 e. The van der Waals surface area contributed by atoms with E-state index in [9.17, 15) is 9.50 Å². The predicted molar refractivity (Wildman–Crippen MR) is 111 cm³/mol. The molecule has 0 saturated heterocycles. The fraction of sp³-hybridized carbons (Fsp3) is 0.750. The third kappa shape index (κ3) is 7.54. The van der Waals surface area contributed by atoms with Crippen LogP contribution in [0.25, 0.3) is 0 Å². The minimum absolute atomic E-state index is 0.00875. The summed E-state index contributed by atoms with van der Waals surface area (Å²) in [5.41, 5.74) is 2.06. The molecule has 3 heteroatoms. The molecule has 0 spiro atoms. The van der Waals surface area contributed by atoms with Crippen LogP contribution >= 0.6 is 0 Å². The molecule has 0 heterocycles. The predicted octanol–water partition coefficient (Wildman–Crippen LogP) is 6.26. The van der Waals surface area contributed by atoms with Gasteiger partial charge in [-0.3, -0.25) is 0 Å². The van der Waals surface area contributed by atoms with Crippen molar-refractivity contribution < 1.29 is 14.2 Å². The van der Waals surface area contributed by atoms with E-state index in [-0.39, 0.29) is 18.3 Å². The smallest absolute Gasteiger partial charge is 0.126 e. The molecule has 0 amide bonds. The van der Waals surface area contributed by atoms with Crippen molar-refractivity contribution in [3.8, 4) is 0 Å². The zero-order valence-corrected chi connectivity index (χ0v) is 17.4. The minimum atomic E-state index is -0.00875. The van der Waals surface area contributed by atoms with Crippen molar-refractivity contribution in [1.29, 1.82) is 0 Å². The second-order valence-corrected chi connectivity index (χ2v) is 8.47. The number of unbranched alkanes of at least 4 members (excludes halogenated alkanes) is 4. The molecule has 1 atom stereocenters. The van der Waals surface area contributed by atoms with Gasteiger partial charge < -0.3 is 9.84 Å². The number of rotatable bonds is 12. The molecule has 0 bridgehead atoms. The van der Waals surface area contributed by atoms with Crippen LogP contribution in [0.4, 0.5) is 4.39 Å². The number of aliphatic hydroxyl groups excluding tert-OH is 1. The maximum atomic E-state index is 14.5. The summed E-state index contributed by atoms with van der Waals surface area (Å²) in [7, 11) is 1.70. The van der Waals surface area contributed by atoms with Gasteiger partial charge in [-0.25, -0.2) is 4.39 Å². The second-order valence-electron chi connectivity index (χ2n) is 8.47. The highest BCUT2D eigenvalue weighted by atomic mass is 19.1. The zero-order valence-electron chi connectivity index (χ0n) is 17.4. The molecule has 27 heavy (non-hydrogen) atoms. The van der Waals surface area contributed by atoms with E-state index in [0.717, 1.165) is 37.7 Å². The SMILES string of the molecule is CCCCCCCc1ccc(C2CCC(CC(CO)COC)CC2)cc1F. The minimum Gasteiger partial charge on any atom is -0.396 e.